The summed E-state index contributed by atoms with van der Waals surface area (Å²) in [6, 6.07) is 0.125. The van der Waals surface area contributed by atoms with Crippen molar-refractivity contribution < 1.29 is 4.79 Å². The van der Waals surface area contributed by atoms with E-state index in [2.05, 4.69) is 31.2 Å². The predicted octanol–water partition coefficient (Wildman–Crippen LogP) is 0.247. The van der Waals surface area contributed by atoms with Gasteiger partial charge in [0, 0.05) is 26.1 Å². The molecular weight excluding hydrogens is 288 g/mol. The normalized spacial score (nSPS) is 19.4. The molecule has 2 rings (SSSR count). The minimum absolute atomic E-state index is 0.0326. The van der Waals surface area contributed by atoms with Crippen LogP contribution in [0.5, 0.6) is 0 Å². The molecule has 1 aromatic rings. The van der Waals surface area contributed by atoms with Gasteiger partial charge in [0.1, 0.15) is 10.3 Å². The molecule has 0 aromatic carbocycles. The van der Waals surface area contributed by atoms with Crippen molar-refractivity contribution in [3.63, 3.8) is 0 Å². The van der Waals surface area contributed by atoms with Crippen LogP contribution in [0.2, 0.25) is 0 Å². The summed E-state index contributed by atoms with van der Waals surface area (Å²) in [4.78, 5) is 31.0. The molecule has 1 fully saturated rings. The van der Waals surface area contributed by atoms with Crippen LogP contribution in [-0.4, -0.2) is 35.0 Å². The van der Waals surface area contributed by atoms with Crippen molar-refractivity contribution in [1.82, 2.24) is 15.3 Å². The number of rotatable bonds is 2. The van der Waals surface area contributed by atoms with Gasteiger partial charge in [-0.1, -0.05) is 0 Å². The average molecular weight is 301 g/mol. The second kappa shape index (κ2) is 4.87. The van der Waals surface area contributed by atoms with Crippen LogP contribution in [0.15, 0.2) is 15.6 Å². The highest BCUT2D eigenvalue weighted by molar-refractivity contribution is 9.10. The summed E-state index contributed by atoms with van der Waals surface area (Å²) in [5, 5.41) is 2.87. The summed E-state index contributed by atoms with van der Waals surface area (Å²) in [6.07, 6.45) is 2.24. The van der Waals surface area contributed by atoms with Crippen molar-refractivity contribution in [2.24, 2.45) is 0 Å². The largest absolute Gasteiger partial charge is 0.353 e. The Labute approximate surface area is 107 Å². The van der Waals surface area contributed by atoms with Crippen molar-refractivity contribution in [1.29, 1.82) is 0 Å². The molecule has 1 aromatic heterocycles. The number of halogens is 1. The zero-order chi connectivity index (χ0) is 12.4. The fourth-order valence-electron chi connectivity index (χ4n) is 1.95. The maximum atomic E-state index is 11.4. The molecule has 2 heterocycles. The minimum atomic E-state index is -0.196. The zero-order valence-electron chi connectivity index (χ0n) is 9.36. The lowest BCUT2D eigenvalue weighted by Gasteiger charge is -2.18. The highest BCUT2D eigenvalue weighted by atomic mass is 79.9. The Kier molecular flexibility index (Phi) is 3.46. The van der Waals surface area contributed by atoms with Gasteiger partial charge in [0.05, 0.1) is 6.33 Å². The Morgan fingerprint density at radius 3 is 3.18 bits per heavy atom. The van der Waals surface area contributed by atoms with Crippen LogP contribution in [0.1, 0.15) is 13.3 Å². The first-order valence-corrected chi connectivity index (χ1v) is 6.12. The van der Waals surface area contributed by atoms with Crippen LogP contribution in [0.25, 0.3) is 0 Å². The van der Waals surface area contributed by atoms with Gasteiger partial charge in [-0.2, -0.15) is 0 Å². The van der Waals surface area contributed by atoms with E-state index in [4.69, 9.17) is 0 Å². The Hall–Kier alpha value is -1.37. The van der Waals surface area contributed by atoms with E-state index in [1.165, 1.54) is 13.3 Å². The van der Waals surface area contributed by atoms with Gasteiger partial charge >= 0.3 is 0 Å². The molecule has 0 radical (unpaired) electrons. The Morgan fingerprint density at radius 1 is 1.71 bits per heavy atom. The van der Waals surface area contributed by atoms with Gasteiger partial charge in [-0.15, -0.1) is 0 Å². The lowest BCUT2D eigenvalue weighted by molar-refractivity contribution is -0.119. The van der Waals surface area contributed by atoms with Gasteiger partial charge in [0.25, 0.3) is 5.56 Å². The Morgan fingerprint density at radius 2 is 2.47 bits per heavy atom. The fourth-order valence-corrected chi connectivity index (χ4v) is 2.42. The van der Waals surface area contributed by atoms with Crippen molar-refractivity contribution in [3.05, 3.63) is 21.2 Å². The van der Waals surface area contributed by atoms with Crippen LogP contribution in [-0.2, 0) is 4.79 Å². The summed E-state index contributed by atoms with van der Waals surface area (Å²) >= 11 is 3.23. The quantitative estimate of drug-likeness (QED) is 0.820. The first-order valence-electron chi connectivity index (χ1n) is 5.33. The van der Waals surface area contributed by atoms with E-state index >= 15 is 0 Å². The van der Waals surface area contributed by atoms with E-state index in [1.54, 1.807) is 0 Å². The zero-order valence-corrected chi connectivity index (χ0v) is 11.0. The first kappa shape index (κ1) is 12.1. The van der Waals surface area contributed by atoms with E-state index in [0.717, 1.165) is 13.0 Å². The van der Waals surface area contributed by atoms with Crippen LogP contribution in [0.3, 0.4) is 0 Å². The third-order valence-electron chi connectivity index (χ3n) is 2.67. The molecule has 17 heavy (non-hydrogen) atoms. The fraction of sp³-hybridized carbons (Fsp3) is 0.500. The number of carbonyl (C=O) groups is 1. The Bertz CT molecular complexity index is 487. The second-order valence-corrected chi connectivity index (χ2v) is 4.79. The highest BCUT2D eigenvalue weighted by Gasteiger charge is 2.25. The molecule has 7 heteroatoms. The molecule has 1 aliphatic rings. The average Bonchev–Trinajstić information content (AvgIpc) is 2.69. The lowest BCUT2D eigenvalue weighted by Crippen LogP contribution is -2.36. The van der Waals surface area contributed by atoms with E-state index in [1.807, 2.05) is 4.90 Å². The molecule has 2 N–H and O–H groups in total. The standard InChI is InChI=1S/C10H13BrN4O2/c1-6(16)14-7-2-3-15(4-7)9-8(11)10(17)13-5-12-9/h5,7H,2-4H2,1H3,(H,14,16)(H,12,13,17). The number of aromatic amines is 1. The minimum Gasteiger partial charge on any atom is -0.353 e. The molecule has 0 aliphatic carbocycles. The molecule has 1 amide bonds. The van der Waals surface area contributed by atoms with Gasteiger partial charge in [-0.3, -0.25) is 9.59 Å². The van der Waals surface area contributed by atoms with Crippen LogP contribution in [0, 0.1) is 0 Å². The summed E-state index contributed by atoms with van der Waals surface area (Å²) in [5.74, 6) is 0.594. The molecule has 0 bridgehead atoms. The van der Waals surface area contributed by atoms with E-state index in [0.29, 0.717) is 16.8 Å². The number of amides is 1. The summed E-state index contributed by atoms with van der Waals surface area (Å²) in [6.45, 7) is 2.96. The van der Waals surface area contributed by atoms with Crippen molar-refractivity contribution in [3.8, 4) is 0 Å². The number of nitrogens with one attached hydrogen (secondary N) is 2. The van der Waals surface area contributed by atoms with Gasteiger partial charge in [0.15, 0.2) is 0 Å². The molecule has 1 unspecified atom stereocenters. The number of nitrogens with zero attached hydrogens (tertiary/aromatic N) is 2. The van der Waals surface area contributed by atoms with Gasteiger partial charge in [0.2, 0.25) is 5.91 Å². The van der Waals surface area contributed by atoms with Gasteiger partial charge in [-0.05, 0) is 22.4 Å². The maximum Gasteiger partial charge on any atom is 0.267 e. The Balaban J connectivity index is 2.12. The third-order valence-corrected chi connectivity index (χ3v) is 3.39. The van der Waals surface area contributed by atoms with Crippen molar-refractivity contribution >= 4 is 27.7 Å². The molecule has 1 aliphatic heterocycles. The summed E-state index contributed by atoms with van der Waals surface area (Å²) < 4.78 is 0.434. The second-order valence-electron chi connectivity index (χ2n) is 4.00. The number of anilines is 1. The van der Waals surface area contributed by atoms with E-state index in [9.17, 15) is 9.59 Å². The number of hydrogen-bond acceptors (Lipinski definition) is 4. The molecule has 92 valence electrons. The molecule has 6 nitrogen and oxygen atoms in total. The van der Waals surface area contributed by atoms with Crippen LogP contribution < -0.4 is 15.8 Å². The van der Waals surface area contributed by atoms with Crippen LogP contribution >= 0.6 is 15.9 Å². The topological polar surface area (TPSA) is 78.1 Å². The number of H-pyrrole nitrogens is 1. The van der Waals surface area contributed by atoms with Crippen molar-refractivity contribution in [2.75, 3.05) is 18.0 Å². The number of carbonyl (C=O) groups excluding carboxylic acids is 1. The SMILES string of the molecule is CC(=O)NC1CCN(c2nc[nH]c(=O)c2Br)C1. The molecule has 1 saturated heterocycles. The van der Waals surface area contributed by atoms with Gasteiger partial charge < -0.3 is 15.2 Å². The molecular formula is C10H13BrN4O2. The summed E-state index contributed by atoms with van der Waals surface area (Å²) in [5.41, 5.74) is -0.196. The predicted molar refractivity (Wildman–Crippen MR) is 67.0 cm³/mol. The molecule has 0 spiro atoms. The highest BCUT2D eigenvalue weighted by Crippen LogP contribution is 2.23. The number of hydrogen-bond donors (Lipinski definition) is 2. The smallest absolute Gasteiger partial charge is 0.267 e. The number of aromatic nitrogens is 2. The van der Waals surface area contributed by atoms with E-state index < -0.39 is 0 Å². The molecule has 0 saturated carbocycles. The monoisotopic (exact) mass is 300 g/mol. The van der Waals surface area contributed by atoms with Gasteiger partial charge in [-0.25, -0.2) is 4.98 Å². The van der Waals surface area contributed by atoms with Crippen molar-refractivity contribution in [2.45, 2.75) is 19.4 Å². The lowest BCUT2D eigenvalue weighted by atomic mass is 10.3. The summed E-state index contributed by atoms with van der Waals surface area (Å²) in [7, 11) is 0. The third kappa shape index (κ3) is 2.66. The molecule has 1 atom stereocenters. The van der Waals surface area contributed by atoms with E-state index in [-0.39, 0.29) is 17.5 Å². The maximum absolute atomic E-state index is 11.4. The van der Waals surface area contributed by atoms with Crippen LogP contribution in [0.4, 0.5) is 5.82 Å². The first-order chi connectivity index (χ1) is 8.08.